The van der Waals surface area contributed by atoms with Crippen LogP contribution in [0.1, 0.15) is 18.9 Å². The van der Waals surface area contributed by atoms with E-state index >= 15 is 0 Å². The molecule has 1 aliphatic rings. The van der Waals surface area contributed by atoms with E-state index < -0.39 is 11.9 Å². The summed E-state index contributed by atoms with van der Waals surface area (Å²) < 4.78 is 0. The van der Waals surface area contributed by atoms with Crippen molar-refractivity contribution in [2.45, 2.75) is 19.9 Å². The van der Waals surface area contributed by atoms with Crippen molar-refractivity contribution < 1.29 is 14.7 Å². The molecule has 0 bridgehead atoms. The molecule has 19 heavy (non-hydrogen) atoms. The van der Waals surface area contributed by atoms with Gasteiger partial charge in [-0.05, 0) is 17.9 Å². The Kier molecular flexibility index (Phi) is 4.00. The smallest absolute Gasteiger partial charge is 0.314 e. The van der Waals surface area contributed by atoms with E-state index in [0.717, 1.165) is 11.3 Å². The first kappa shape index (κ1) is 13.3. The Morgan fingerprint density at radius 3 is 2.63 bits per heavy atom. The SMILES string of the molecule is CC1CC(NCc2ccccc2)=CC(=O)C1C(=O)O. The summed E-state index contributed by atoms with van der Waals surface area (Å²) in [5.41, 5.74) is 1.95. The number of carboxylic acids is 1. The topological polar surface area (TPSA) is 66.4 Å². The molecule has 0 aliphatic heterocycles. The molecule has 4 heteroatoms. The van der Waals surface area contributed by atoms with Gasteiger partial charge in [-0.3, -0.25) is 9.59 Å². The van der Waals surface area contributed by atoms with Crippen LogP contribution in [0.3, 0.4) is 0 Å². The molecule has 0 heterocycles. The highest BCUT2D eigenvalue weighted by atomic mass is 16.4. The molecule has 0 spiro atoms. The number of carboxylic acid groups (broad SMARTS) is 1. The summed E-state index contributed by atoms with van der Waals surface area (Å²) in [6.07, 6.45) is 2.03. The molecule has 2 atom stereocenters. The molecule has 4 nitrogen and oxygen atoms in total. The number of hydrogen-bond acceptors (Lipinski definition) is 3. The molecule has 0 radical (unpaired) electrons. The van der Waals surface area contributed by atoms with E-state index in [1.165, 1.54) is 6.08 Å². The Hall–Kier alpha value is -2.10. The molecule has 1 aromatic carbocycles. The van der Waals surface area contributed by atoms with E-state index in [9.17, 15) is 9.59 Å². The third-order valence-corrected chi connectivity index (χ3v) is 3.36. The van der Waals surface area contributed by atoms with Crippen molar-refractivity contribution in [3.8, 4) is 0 Å². The summed E-state index contributed by atoms with van der Waals surface area (Å²) in [6, 6.07) is 9.87. The van der Waals surface area contributed by atoms with Gasteiger partial charge in [0, 0.05) is 18.3 Å². The van der Waals surface area contributed by atoms with E-state index in [1.807, 2.05) is 30.3 Å². The van der Waals surface area contributed by atoms with Gasteiger partial charge in [0.25, 0.3) is 0 Å². The molecule has 0 aromatic heterocycles. The third-order valence-electron chi connectivity index (χ3n) is 3.36. The summed E-state index contributed by atoms with van der Waals surface area (Å²) in [6.45, 7) is 2.44. The van der Waals surface area contributed by atoms with E-state index in [2.05, 4.69) is 5.32 Å². The molecular formula is C15H17NO3. The minimum atomic E-state index is -1.03. The number of rotatable bonds is 4. The molecular weight excluding hydrogens is 242 g/mol. The van der Waals surface area contributed by atoms with Crippen LogP contribution in [0.25, 0.3) is 0 Å². The van der Waals surface area contributed by atoms with Crippen LogP contribution in [0.15, 0.2) is 42.1 Å². The lowest BCUT2D eigenvalue weighted by Crippen LogP contribution is -2.34. The zero-order valence-electron chi connectivity index (χ0n) is 10.8. The molecule has 1 aromatic rings. The lowest BCUT2D eigenvalue weighted by Gasteiger charge is -2.25. The Morgan fingerprint density at radius 2 is 2.05 bits per heavy atom. The Bertz CT molecular complexity index is 507. The van der Waals surface area contributed by atoms with Crippen LogP contribution in [-0.2, 0) is 16.1 Å². The van der Waals surface area contributed by atoms with Crippen molar-refractivity contribution in [1.29, 1.82) is 0 Å². The summed E-state index contributed by atoms with van der Waals surface area (Å²) in [4.78, 5) is 22.8. The second-order valence-corrected chi connectivity index (χ2v) is 4.91. The van der Waals surface area contributed by atoms with Crippen LogP contribution in [0, 0.1) is 11.8 Å². The third kappa shape index (κ3) is 3.22. The standard InChI is InChI=1S/C15H17NO3/c1-10-7-12(8-13(17)14(10)15(18)19)16-9-11-5-3-2-4-6-11/h2-6,8,10,14,16H,7,9H2,1H3,(H,18,19). The minimum Gasteiger partial charge on any atom is -0.481 e. The van der Waals surface area contributed by atoms with Gasteiger partial charge in [-0.15, -0.1) is 0 Å². The number of benzene rings is 1. The van der Waals surface area contributed by atoms with E-state index in [4.69, 9.17) is 5.11 Å². The molecule has 2 rings (SSSR count). The van der Waals surface area contributed by atoms with Gasteiger partial charge >= 0.3 is 5.97 Å². The molecule has 2 N–H and O–H groups in total. The zero-order valence-corrected chi connectivity index (χ0v) is 10.8. The Labute approximate surface area is 112 Å². The number of carbonyl (C=O) groups excluding carboxylic acids is 1. The fourth-order valence-electron chi connectivity index (χ4n) is 2.37. The fourth-order valence-corrected chi connectivity index (χ4v) is 2.37. The first-order valence-electron chi connectivity index (χ1n) is 6.33. The highest BCUT2D eigenvalue weighted by Crippen LogP contribution is 2.26. The van der Waals surface area contributed by atoms with Crippen LogP contribution in [0.2, 0.25) is 0 Å². The second kappa shape index (κ2) is 5.69. The largest absolute Gasteiger partial charge is 0.481 e. The molecule has 0 fully saturated rings. The monoisotopic (exact) mass is 259 g/mol. The average molecular weight is 259 g/mol. The van der Waals surface area contributed by atoms with Gasteiger partial charge in [0.2, 0.25) is 0 Å². The molecule has 2 unspecified atom stereocenters. The number of ketones is 1. The van der Waals surface area contributed by atoms with Gasteiger partial charge in [0.05, 0.1) is 0 Å². The van der Waals surface area contributed by atoms with Gasteiger partial charge in [-0.25, -0.2) is 0 Å². The normalized spacial score (nSPS) is 22.8. The predicted octanol–water partition coefficient (Wildman–Crippen LogP) is 1.97. The van der Waals surface area contributed by atoms with Crippen molar-refractivity contribution in [3.05, 3.63) is 47.7 Å². The summed E-state index contributed by atoms with van der Waals surface area (Å²) in [5.74, 6) is -2.42. The quantitative estimate of drug-likeness (QED) is 0.811. The summed E-state index contributed by atoms with van der Waals surface area (Å²) in [5, 5.41) is 12.2. The molecule has 0 saturated carbocycles. The minimum absolute atomic E-state index is 0.173. The first-order chi connectivity index (χ1) is 9.08. The van der Waals surface area contributed by atoms with Gasteiger partial charge < -0.3 is 10.4 Å². The van der Waals surface area contributed by atoms with Crippen molar-refractivity contribution in [3.63, 3.8) is 0 Å². The highest BCUT2D eigenvalue weighted by Gasteiger charge is 2.34. The highest BCUT2D eigenvalue weighted by molar-refractivity contribution is 6.05. The number of allylic oxidation sites excluding steroid dienone is 2. The zero-order chi connectivity index (χ0) is 13.8. The maximum atomic E-state index is 11.8. The van der Waals surface area contributed by atoms with E-state index in [1.54, 1.807) is 6.92 Å². The van der Waals surface area contributed by atoms with Crippen LogP contribution in [-0.4, -0.2) is 16.9 Å². The van der Waals surface area contributed by atoms with Crippen molar-refractivity contribution in [2.24, 2.45) is 11.8 Å². The van der Waals surface area contributed by atoms with Crippen LogP contribution in [0.5, 0.6) is 0 Å². The molecule has 1 aliphatic carbocycles. The van der Waals surface area contributed by atoms with Gasteiger partial charge in [0.15, 0.2) is 5.78 Å². The molecule has 0 amide bonds. The van der Waals surface area contributed by atoms with E-state index in [-0.39, 0.29) is 11.7 Å². The average Bonchev–Trinajstić information content (AvgIpc) is 2.36. The van der Waals surface area contributed by atoms with Crippen LogP contribution in [0.4, 0.5) is 0 Å². The van der Waals surface area contributed by atoms with Crippen LogP contribution >= 0.6 is 0 Å². The molecule has 100 valence electrons. The number of carbonyl (C=O) groups is 2. The number of nitrogens with one attached hydrogen (secondary N) is 1. The lowest BCUT2D eigenvalue weighted by molar-refractivity contribution is -0.147. The van der Waals surface area contributed by atoms with Crippen LogP contribution < -0.4 is 5.32 Å². The second-order valence-electron chi connectivity index (χ2n) is 4.91. The van der Waals surface area contributed by atoms with Gasteiger partial charge in [-0.1, -0.05) is 37.3 Å². The number of hydrogen-bond donors (Lipinski definition) is 2. The summed E-state index contributed by atoms with van der Waals surface area (Å²) in [7, 11) is 0. The Balaban J connectivity index is 2.01. The van der Waals surface area contributed by atoms with Crippen molar-refractivity contribution in [2.75, 3.05) is 0 Å². The summed E-state index contributed by atoms with van der Waals surface area (Å²) >= 11 is 0. The molecule has 0 saturated heterocycles. The lowest BCUT2D eigenvalue weighted by atomic mass is 9.82. The first-order valence-corrected chi connectivity index (χ1v) is 6.33. The maximum absolute atomic E-state index is 11.8. The van der Waals surface area contributed by atoms with Crippen molar-refractivity contribution >= 4 is 11.8 Å². The van der Waals surface area contributed by atoms with Crippen molar-refractivity contribution in [1.82, 2.24) is 5.32 Å². The van der Waals surface area contributed by atoms with E-state index in [0.29, 0.717) is 13.0 Å². The maximum Gasteiger partial charge on any atom is 0.314 e. The number of aliphatic carboxylic acids is 1. The Morgan fingerprint density at radius 1 is 1.37 bits per heavy atom. The van der Waals surface area contributed by atoms with Gasteiger partial charge in [0.1, 0.15) is 5.92 Å². The fraction of sp³-hybridized carbons (Fsp3) is 0.333. The van der Waals surface area contributed by atoms with Gasteiger partial charge in [-0.2, -0.15) is 0 Å². The predicted molar refractivity (Wildman–Crippen MR) is 71.3 cm³/mol.